The van der Waals surface area contributed by atoms with Gasteiger partial charge in [0.1, 0.15) is 10.7 Å². The molecule has 3 N–H and O–H groups in total. The van der Waals surface area contributed by atoms with Gasteiger partial charge in [0.25, 0.3) is 0 Å². The molecule has 5 heteroatoms. The van der Waals surface area contributed by atoms with Gasteiger partial charge in [0.2, 0.25) is 0 Å². The Morgan fingerprint density at radius 2 is 1.89 bits per heavy atom. The van der Waals surface area contributed by atoms with Gasteiger partial charge in [0.05, 0.1) is 0 Å². The second-order valence-corrected chi connectivity index (χ2v) is 6.70. The third-order valence-corrected chi connectivity index (χ3v) is 5.30. The molecule has 0 aromatic carbocycles. The number of Topliss-reactive ketones (excluding diaryl/α,β-unsaturated/α-hetero) is 1. The smallest absolute Gasteiger partial charge is 0.185 e. The van der Waals surface area contributed by atoms with Gasteiger partial charge in [-0.05, 0) is 25.7 Å². The topological polar surface area (TPSA) is 68.0 Å². The van der Waals surface area contributed by atoms with Crippen molar-refractivity contribution in [1.29, 1.82) is 0 Å². The van der Waals surface area contributed by atoms with E-state index in [4.69, 9.17) is 5.73 Å². The van der Waals surface area contributed by atoms with Crippen molar-refractivity contribution in [3.63, 3.8) is 0 Å². The number of thiazole rings is 1. The van der Waals surface area contributed by atoms with Crippen LogP contribution in [-0.4, -0.2) is 16.8 Å². The van der Waals surface area contributed by atoms with Crippen molar-refractivity contribution in [3.05, 3.63) is 4.88 Å². The minimum absolute atomic E-state index is 0.199. The van der Waals surface area contributed by atoms with Crippen LogP contribution in [0.5, 0.6) is 0 Å². The Morgan fingerprint density at radius 1 is 1.16 bits per heavy atom. The summed E-state index contributed by atoms with van der Waals surface area (Å²) in [7, 11) is 0. The number of nitrogen functional groups attached to an aromatic ring is 1. The lowest BCUT2D eigenvalue weighted by Crippen LogP contribution is -2.22. The number of anilines is 2. The summed E-state index contributed by atoms with van der Waals surface area (Å²) in [4.78, 5) is 17.2. The normalized spacial score (nSPS) is 21.1. The van der Waals surface area contributed by atoms with Crippen LogP contribution >= 0.6 is 11.3 Å². The largest absolute Gasteiger partial charge is 0.382 e. The average Bonchev–Trinajstić information content (AvgIpc) is 2.69. The summed E-state index contributed by atoms with van der Waals surface area (Å²) in [6, 6.07) is 0.506. The molecule has 0 bridgehead atoms. The summed E-state index contributed by atoms with van der Waals surface area (Å²) in [6.07, 6.45) is 9.50. The van der Waals surface area contributed by atoms with Gasteiger partial charge in [0.15, 0.2) is 10.9 Å². The van der Waals surface area contributed by atoms with Crippen molar-refractivity contribution in [2.45, 2.75) is 57.4 Å². The number of ketones is 1. The number of nitrogens with two attached hydrogens (primary N) is 1. The summed E-state index contributed by atoms with van der Waals surface area (Å²) in [5.41, 5.74) is 5.90. The molecule has 104 valence electrons. The molecule has 2 saturated carbocycles. The Hall–Kier alpha value is -1.10. The number of hydrogen-bond donors (Lipinski definition) is 2. The van der Waals surface area contributed by atoms with E-state index in [2.05, 4.69) is 10.3 Å². The fourth-order valence-corrected chi connectivity index (χ4v) is 3.83. The van der Waals surface area contributed by atoms with Gasteiger partial charge in [-0.2, -0.15) is 0 Å². The van der Waals surface area contributed by atoms with Gasteiger partial charge in [-0.15, -0.1) is 0 Å². The van der Waals surface area contributed by atoms with Gasteiger partial charge < -0.3 is 11.1 Å². The number of nitrogens with one attached hydrogen (secondary N) is 1. The fourth-order valence-electron chi connectivity index (χ4n) is 2.85. The van der Waals surface area contributed by atoms with Crippen LogP contribution in [0.3, 0.4) is 0 Å². The number of rotatable bonds is 4. The molecule has 19 heavy (non-hydrogen) atoms. The summed E-state index contributed by atoms with van der Waals surface area (Å²) in [6.45, 7) is 0. The maximum atomic E-state index is 12.2. The standard InChI is InChI=1S/C14H21N3OS/c15-13-12(11(18)9-5-4-6-9)19-14(17-13)16-10-7-2-1-3-8-10/h9-10H,1-8,15H2,(H,16,17). The van der Waals surface area contributed by atoms with Crippen molar-refractivity contribution in [3.8, 4) is 0 Å². The van der Waals surface area contributed by atoms with Crippen LogP contribution in [0, 0.1) is 5.92 Å². The monoisotopic (exact) mass is 279 g/mol. The van der Waals surface area contributed by atoms with E-state index in [1.54, 1.807) is 0 Å². The molecule has 0 unspecified atom stereocenters. The molecule has 4 nitrogen and oxygen atoms in total. The van der Waals surface area contributed by atoms with Crippen molar-refractivity contribution in [1.82, 2.24) is 4.98 Å². The molecule has 1 heterocycles. The first-order valence-electron chi connectivity index (χ1n) is 7.31. The Kier molecular flexibility index (Phi) is 3.73. The molecule has 0 saturated heterocycles. The van der Waals surface area contributed by atoms with Crippen LogP contribution in [0.2, 0.25) is 0 Å². The first-order valence-corrected chi connectivity index (χ1v) is 8.13. The summed E-state index contributed by atoms with van der Waals surface area (Å²) >= 11 is 1.44. The predicted molar refractivity (Wildman–Crippen MR) is 78.7 cm³/mol. The quantitative estimate of drug-likeness (QED) is 0.828. The van der Waals surface area contributed by atoms with Crippen LogP contribution in [-0.2, 0) is 0 Å². The highest BCUT2D eigenvalue weighted by atomic mass is 32.1. The van der Waals surface area contributed by atoms with Crippen molar-refractivity contribution in [2.75, 3.05) is 11.1 Å². The van der Waals surface area contributed by atoms with Crippen LogP contribution < -0.4 is 11.1 Å². The highest BCUT2D eigenvalue weighted by molar-refractivity contribution is 7.18. The van der Waals surface area contributed by atoms with Gasteiger partial charge in [-0.1, -0.05) is 37.0 Å². The van der Waals surface area contributed by atoms with Crippen LogP contribution in [0.4, 0.5) is 10.9 Å². The van der Waals surface area contributed by atoms with Crippen LogP contribution in [0.1, 0.15) is 61.0 Å². The number of hydrogen-bond acceptors (Lipinski definition) is 5. The van der Waals surface area contributed by atoms with E-state index < -0.39 is 0 Å². The van der Waals surface area contributed by atoms with E-state index in [1.165, 1.54) is 49.9 Å². The minimum atomic E-state index is 0.199. The maximum absolute atomic E-state index is 12.2. The van der Waals surface area contributed by atoms with Crippen molar-refractivity contribution in [2.24, 2.45) is 5.92 Å². The van der Waals surface area contributed by atoms with E-state index in [9.17, 15) is 4.79 Å². The molecular weight excluding hydrogens is 258 g/mol. The molecule has 1 aromatic heterocycles. The van der Waals surface area contributed by atoms with Gasteiger partial charge in [-0.3, -0.25) is 4.79 Å². The van der Waals surface area contributed by atoms with E-state index in [-0.39, 0.29) is 11.7 Å². The Balaban J connectivity index is 1.67. The molecule has 3 rings (SSSR count). The Morgan fingerprint density at radius 3 is 2.53 bits per heavy atom. The molecule has 0 atom stereocenters. The summed E-state index contributed by atoms with van der Waals surface area (Å²) in [5, 5.41) is 4.27. The van der Waals surface area contributed by atoms with Crippen LogP contribution in [0.15, 0.2) is 0 Å². The zero-order chi connectivity index (χ0) is 13.2. The predicted octanol–water partition coefficient (Wildman–Crippen LogP) is 3.45. The first kappa shape index (κ1) is 12.9. The minimum Gasteiger partial charge on any atom is -0.382 e. The number of nitrogens with zero attached hydrogens (tertiary/aromatic N) is 1. The molecule has 1 aromatic rings. The van der Waals surface area contributed by atoms with E-state index in [0.717, 1.165) is 18.0 Å². The van der Waals surface area contributed by atoms with E-state index in [1.807, 2.05) is 0 Å². The molecule has 0 spiro atoms. The van der Waals surface area contributed by atoms with E-state index >= 15 is 0 Å². The molecular formula is C14H21N3OS. The highest BCUT2D eigenvalue weighted by Crippen LogP contribution is 2.35. The van der Waals surface area contributed by atoms with Gasteiger partial charge in [0, 0.05) is 12.0 Å². The second-order valence-electron chi connectivity index (χ2n) is 5.70. The number of carbonyl (C=O) groups is 1. The molecule has 0 amide bonds. The van der Waals surface area contributed by atoms with E-state index in [0.29, 0.717) is 16.7 Å². The number of aromatic nitrogens is 1. The average molecular weight is 279 g/mol. The third kappa shape index (κ3) is 2.76. The molecule has 0 aliphatic heterocycles. The Labute approximate surface area is 117 Å². The van der Waals surface area contributed by atoms with Gasteiger partial charge >= 0.3 is 0 Å². The molecule has 0 radical (unpaired) electrons. The highest BCUT2D eigenvalue weighted by Gasteiger charge is 2.29. The lowest BCUT2D eigenvalue weighted by atomic mass is 9.82. The van der Waals surface area contributed by atoms with Crippen molar-refractivity contribution >= 4 is 28.1 Å². The zero-order valence-electron chi connectivity index (χ0n) is 11.2. The molecule has 2 fully saturated rings. The third-order valence-electron chi connectivity index (χ3n) is 4.29. The van der Waals surface area contributed by atoms with Gasteiger partial charge in [-0.25, -0.2) is 4.98 Å². The van der Waals surface area contributed by atoms with Crippen molar-refractivity contribution < 1.29 is 4.79 Å². The molecule has 2 aliphatic rings. The number of carbonyl (C=O) groups excluding carboxylic acids is 1. The summed E-state index contributed by atoms with van der Waals surface area (Å²) in [5.74, 6) is 0.823. The first-order chi connectivity index (χ1) is 9.24. The summed E-state index contributed by atoms with van der Waals surface area (Å²) < 4.78 is 0. The lowest BCUT2D eigenvalue weighted by Gasteiger charge is -2.23. The Bertz CT molecular complexity index is 461. The zero-order valence-corrected chi connectivity index (χ0v) is 12.0. The molecule has 2 aliphatic carbocycles. The lowest BCUT2D eigenvalue weighted by molar-refractivity contribution is 0.0860. The fraction of sp³-hybridized carbons (Fsp3) is 0.714. The maximum Gasteiger partial charge on any atom is 0.185 e. The second kappa shape index (κ2) is 5.49. The SMILES string of the molecule is Nc1nc(NC2CCCCC2)sc1C(=O)C1CCC1. The van der Waals surface area contributed by atoms with Crippen LogP contribution in [0.25, 0.3) is 0 Å².